The van der Waals surface area contributed by atoms with Gasteiger partial charge in [-0.15, -0.1) is 22.7 Å². The fourth-order valence-electron chi connectivity index (χ4n) is 12.4. The Hall–Kier alpha value is -9.20. The van der Waals surface area contributed by atoms with Crippen LogP contribution in [0.5, 0.6) is 0 Å². The second-order valence-corrected chi connectivity index (χ2v) is 24.3. The van der Waals surface area contributed by atoms with Crippen molar-refractivity contribution in [2.24, 2.45) is 0 Å². The topological polar surface area (TPSA) is 32.3 Å². The largest absolute Gasteiger partial charge is 0.310 e. The molecule has 0 N–H and O–H groups in total. The second kappa shape index (κ2) is 18.7. The van der Waals surface area contributed by atoms with E-state index in [-0.39, 0.29) is 10.8 Å². The van der Waals surface area contributed by atoms with Gasteiger partial charge in [-0.2, -0.15) is 0 Å². The molecule has 80 heavy (non-hydrogen) atoms. The molecule has 0 unspecified atom stereocenters. The van der Waals surface area contributed by atoms with Gasteiger partial charge in [0.1, 0.15) is 10.0 Å². The lowest BCUT2D eigenvalue weighted by Crippen LogP contribution is -2.30. The molecule has 382 valence electrons. The van der Waals surface area contributed by atoms with Crippen LogP contribution in [0, 0.1) is 0 Å². The molecule has 11 aromatic carbocycles. The summed E-state index contributed by atoms with van der Waals surface area (Å²) in [6.07, 6.45) is 0. The highest BCUT2D eigenvalue weighted by molar-refractivity contribution is 7.22. The number of benzene rings is 11. The quantitative estimate of drug-likeness (QED) is 0.152. The SMILES string of the molecule is CC1(C)c2ccccc2N(c2ccc(-c3ccc(-c4ccc(N5c6ccccc6C(C)(C)c6cc(-c7ccc(-c8nc9ccccc9s8)cc7)ccc65)cc4)cc3)cc2)c2ccc(-c3ccc(-c4nc5ccccc5s4)cc3)cc21. The van der Waals surface area contributed by atoms with Crippen LogP contribution in [0.3, 0.4) is 0 Å². The van der Waals surface area contributed by atoms with Crippen molar-refractivity contribution in [3.63, 3.8) is 0 Å². The molecule has 0 radical (unpaired) electrons. The maximum atomic E-state index is 4.91. The summed E-state index contributed by atoms with van der Waals surface area (Å²) in [5.41, 5.74) is 25.9. The summed E-state index contributed by atoms with van der Waals surface area (Å²) in [5.74, 6) is 0. The zero-order valence-electron chi connectivity index (χ0n) is 44.9. The molecule has 0 atom stereocenters. The number of aromatic nitrogens is 2. The zero-order chi connectivity index (χ0) is 53.7. The molecule has 0 spiro atoms. The first kappa shape index (κ1) is 48.0. The van der Waals surface area contributed by atoms with Gasteiger partial charge < -0.3 is 9.80 Å². The third-order valence-electron chi connectivity index (χ3n) is 16.8. The number of thiazole rings is 2. The van der Waals surface area contributed by atoms with E-state index in [1.54, 1.807) is 22.7 Å². The lowest BCUT2D eigenvalue weighted by Gasteiger charge is -2.42. The molecule has 6 heteroatoms. The van der Waals surface area contributed by atoms with Crippen LogP contribution >= 0.6 is 22.7 Å². The van der Waals surface area contributed by atoms with Gasteiger partial charge in [-0.1, -0.05) is 198 Å². The Balaban J connectivity index is 0.684. The van der Waals surface area contributed by atoms with E-state index in [4.69, 9.17) is 9.97 Å². The van der Waals surface area contributed by atoms with Gasteiger partial charge >= 0.3 is 0 Å². The van der Waals surface area contributed by atoms with Crippen LogP contribution in [0.2, 0.25) is 0 Å². The second-order valence-electron chi connectivity index (χ2n) is 22.2. The van der Waals surface area contributed by atoms with Gasteiger partial charge in [0.15, 0.2) is 0 Å². The van der Waals surface area contributed by atoms with Crippen molar-refractivity contribution in [2.75, 3.05) is 9.80 Å². The highest BCUT2D eigenvalue weighted by atomic mass is 32.1. The molecule has 2 aliphatic rings. The molecule has 2 aromatic heterocycles. The van der Waals surface area contributed by atoms with Crippen molar-refractivity contribution in [3.05, 3.63) is 277 Å². The molecule has 0 saturated heterocycles. The van der Waals surface area contributed by atoms with Gasteiger partial charge in [0.2, 0.25) is 0 Å². The van der Waals surface area contributed by atoms with E-state index in [1.165, 1.54) is 98.9 Å². The Labute approximate surface area is 475 Å². The maximum absolute atomic E-state index is 4.91. The predicted octanol–water partition coefficient (Wildman–Crippen LogP) is 21.1. The number of nitrogens with zero attached hydrogens (tertiary/aromatic N) is 4. The van der Waals surface area contributed by atoms with Gasteiger partial charge in [-0.3, -0.25) is 0 Å². The van der Waals surface area contributed by atoms with Crippen molar-refractivity contribution in [1.29, 1.82) is 0 Å². The zero-order valence-corrected chi connectivity index (χ0v) is 46.5. The Kier molecular flexibility index (Phi) is 11.2. The van der Waals surface area contributed by atoms with Crippen molar-refractivity contribution in [3.8, 4) is 65.6 Å². The van der Waals surface area contributed by atoms with Crippen LogP contribution in [-0.4, -0.2) is 9.97 Å². The van der Waals surface area contributed by atoms with E-state index in [2.05, 4.69) is 292 Å². The van der Waals surface area contributed by atoms with Crippen LogP contribution in [0.1, 0.15) is 49.9 Å². The third kappa shape index (κ3) is 8.00. The number of hydrogen-bond acceptors (Lipinski definition) is 6. The summed E-state index contributed by atoms with van der Waals surface area (Å²) in [7, 11) is 0. The van der Waals surface area contributed by atoms with Crippen molar-refractivity contribution < 1.29 is 0 Å². The Bertz CT molecular complexity index is 4150. The molecular formula is C74H54N4S2. The molecule has 15 rings (SSSR count). The van der Waals surface area contributed by atoms with Gasteiger partial charge in [0, 0.05) is 33.3 Å². The smallest absolute Gasteiger partial charge is 0.124 e. The first-order valence-electron chi connectivity index (χ1n) is 27.4. The number of anilines is 6. The lowest BCUT2D eigenvalue weighted by atomic mass is 9.73. The summed E-state index contributed by atoms with van der Waals surface area (Å²) in [5, 5.41) is 2.10. The average Bonchev–Trinajstić information content (AvgIpc) is 4.23. The lowest BCUT2D eigenvalue weighted by molar-refractivity contribution is 0.632. The first-order chi connectivity index (χ1) is 39.1. The first-order valence-corrected chi connectivity index (χ1v) is 29.1. The van der Waals surface area contributed by atoms with Crippen molar-refractivity contribution in [1.82, 2.24) is 9.97 Å². The summed E-state index contributed by atoms with van der Waals surface area (Å²) in [4.78, 5) is 14.7. The van der Waals surface area contributed by atoms with Crippen molar-refractivity contribution in [2.45, 2.75) is 38.5 Å². The van der Waals surface area contributed by atoms with E-state index < -0.39 is 0 Å². The minimum atomic E-state index is -0.206. The fourth-order valence-corrected chi connectivity index (χ4v) is 14.3. The normalized spacial score (nSPS) is 13.9. The van der Waals surface area contributed by atoms with Crippen LogP contribution < -0.4 is 9.80 Å². The highest BCUT2D eigenvalue weighted by Gasteiger charge is 2.38. The summed E-state index contributed by atoms with van der Waals surface area (Å²) >= 11 is 3.49. The third-order valence-corrected chi connectivity index (χ3v) is 18.9. The summed E-state index contributed by atoms with van der Waals surface area (Å²) in [6.45, 7) is 9.44. The molecule has 0 aliphatic carbocycles. The number of rotatable bonds is 8. The number of para-hydroxylation sites is 4. The van der Waals surface area contributed by atoms with E-state index in [9.17, 15) is 0 Å². The summed E-state index contributed by atoms with van der Waals surface area (Å²) < 4.78 is 2.42. The number of fused-ring (bicyclic) bond motifs is 6. The summed E-state index contributed by atoms with van der Waals surface area (Å²) in [6, 6.07) is 93.5. The molecular weight excluding hydrogens is 1010 g/mol. The Morgan fingerprint density at radius 2 is 0.562 bits per heavy atom. The predicted molar refractivity (Wildman–Crippen MR) is 339 cm³/mol. The molecule has 0 amide bonds. The van der Waals surface area contributed by atoms with E-state index in [0.717, 1.165) is 43.6 Å². The average molecular weight is 1060 g/mol. The van der Waals surface area contributed by atoms with Crippen LogP contribution in [0.15, 0.2) is 255 Å². The standard InChI is InChI=1S/C74H54N4S2/c1-73(2)59-13-5-9-17-65(59)77(67-43-37-55(45-61(67)73)51-25-29-53(30-26-51)71-75-63-15-7-11-19-69(63)79-71)57-39-33-49(34-40-57)47-21-23-48(24-22-47)50-35-41-58(42-36-50)78-66-18-10-6-14-60(66)74(3,4)62-46-56(38-44-68(62)78)52-27-31-54(32-28-52)72-76-64-16-8-12-20-70(64)80-72/h5-46H,1-4H3. The molecule has 0 saturated carbocycles. The number of hydrogen-bond donors (Lipinski definition) is 0. The Morgan fingerprint density at radius 3 is 0.938 bits per heavy atom. The van der Waals surface area contributed by atoms with Crippen LogP contribution in [-0.2, 0) is 10.8 Å². The van der Waals surface area contributed by atoms with E-state index in [0.29, 0.717) is 0 Å². The molecule has 2 aliphatic heterocycles. The van der Waals surface area contributed by atoms with Gasteiger partial charge in [-0.05, 0) is 152 Å². The minimum Gasteiger partial charge on any atom is -0.310 e. The fraction of sp³-hybridized carbons (Fsp3) is 0.0811. The van der Waals surface area contributed by atoms with E-state index >= 15 is 0 Å². The van der Waals surface area contributed by atoms with Crippen LogP contribution in [0.25, 0.3) is 86.1 Å². The highest BCUT2D eigenvalue weighted by Crippen LogP contribution is 2.55. The van der Waals surface area contributed by atoms with Crippen molar-refractivity contribution >= 4 is 77.2 Å². The Morgan fingerprint density at radius 1 is 0.275 bits per heavy atom. The molecule has 0 fully saturated rings. The minimum absolute atomic E-state index is 0.206. The van der Waals surface area contributed by atoms with E-state index in [1.807, 2.05) is 0 Å². The van der Waals surface area contributed by atoms with Crippen LogP contribution in [0.4, 0.5) is 34.1 Å². The van der Waals surface area contributed by atoms with Gasteiger partial charge in [0.05, 0.1) is 43.2 Å². The monoisotopic (exact) mass is 1060 g/mol. The van der Waals surface area contributed by atoms with Gasteiger partial charge in [0.25, 0.3) is 0 Å². The molecule has 13 aromatic rings. The molecule has 0 bridgehead atoms. The maximum Gasteiger partial charge on any atom is 0.124 e. The molecule has 4 nitrogen and oxygen atoms in total. The van der Waals surface area contributed by atoms with Gasteiger partial charge in [-0.25, -0.2) is 9.97 Å². The molecule has 4 heterocycles.